The highest BCUT2D eigenvalue weighted by atomic mass is 32.2. The molecule has 2 amide bonds. The van der Waals surface area contributed by atoms with Crippen molar-refractivity contribution in [2.45, 2.75) is 64.3 Å². The van der Waals surface area contributed by atoms with Crippen molar-refractivity contribution in [3.8, 4) is 0 Å². The number of Topliss-reactive ketones (excluding diaryl/α,β-unsaturated/α-hetero) is 1. The summed E-state index contributed by atoms with van der Waals surface area (Å²) in [6.07, 6.45) is -7.24. The third-order valence-electron chi connectivity index (χ3n) is 7.16. The van der Waals surface area contributed by atoms with Crippen molar-refractivity contribution in [3.63, 3.8) is 0 Å². The second kappa shape index (κ2) is 18.9. The van der Waals surface area contributed by atoms with Crippen LogP contribution in [0.5, 0.6) is 0 Å². The molecule has 0 radical (unpaired) electrons. The van der Waals surface area contributed by atoms with Gasteiger partial charge in [0.1, 0.15) is 42.0 Å². The summed E-state index contributed by atoms with van der Waals surface area (Å²) < 4.78 is 61.9. The lowest BCUT2D eigenvalue weighted by Crippen LogP contribution is -2.46. The van der Waals surface area contributed by atoms with Gasteiger partial charge in [-0.2, -0.15) is 4.31 Å². The van der Waals surface area contributed by atoms with Gasteiger partial charge in [0, 0.05) is 30.7 Å². The molecular weight excluding hydrogens is 811 g/mol. The number of aliphatic hydroxyl groups is 2. The molecule has 2 unspecified atom stereocenters. The number of hydrogen-bond acceptors (Lipinski definition) is 19. The number of carbonyl (C=O) groups excluding carboxylic acids is 4. The molecule has 2 aromatic heterocycles. The lowest BCUT2D eigenvalue weighted by Gasteiger charge is -2.30. The first-order valence-electron chi connectivity index (χ1n) is 15.5. The molecule has 7 atom stereocenters. The fourth-order valence-electron chi connectivity index (χ4n) is 4.55. The molecule has 3 rings (SSSR count). The molecule has 0 aromatic carbocycles. The molecular formula is C25H40N7O18P3S. The van der Waals surface area contributed by atoms with Crippen molar-refractivity contribution < 1.29 is 85.3 Å². The second-order valence-corrected chi connectivity index (χ2v) is 17.6. The molecule has 2 aromatic rings. The average Bonchev–Trinajstić information content (AvgIpc) is 3.60. The number of hydrogen-bond donors (Lipinski definition) is 9. The predicted molar refractivity (Wildman–Crippen MR) is 182 cm³/mol. The monoisotopic (exact) mass is 851 g/mol. The van der Waals surface area contributed by atoms with Crippen LogP contribution < -0.4 is 16.4 Å². The molecule has 0 bridgehead atoms. The fraction of sp³-hybridized carbons (Fsp3) is 0.640. The van der Waals surface area contributed by atoms with Gasteiger partial charge >= 0.3 is 23.5 Å². The molecule has 3 heterocycles. The third kappa shape index (κ3) is 13.8. The quantitative estimate of drug-likeness (QED) is 0.0398. The maximum absolute atomic E-state index is 12.6. The van der Waals surface area contributed by atoms with Gasteiger partial charge in [-0.15, -0.1) is 0 Å². The van der Waals surface area contributed by atoms with Crippen LogP contribution in [0, 0.1) is 5.41 Å². The second-order valence-electron chi connectivity index (χ2n) is 12.2. The van der Waals surface area contributed by atoms with Crippen molar-refractivity contribution in [1.29, 1.82) is 0 Å². The van der Waals surface area contributed by atoms with Gasteiger partial charge in [-0.3, -0.25) is 37.3 Å². The van der Waals surface area contributed by atoms with Gasteiger partial charge in [0.05, 0.1) is 26.0 Å². The minimum Gasteiger partial charge on any atom is -0.386 e. The average molecular weight is 852 g/mol. The van der Waals surface area contributed by atoms with Crippen LogP contribution in [0.4, 0.5) is 5.82 Å². The summed E-state index contributed by atoms with van der Waals surface area (Å²) in [5.74, 6) is -1.61. The molecule has 1 aliphatic rings. The molecule has 29 heteroatoms. The minimum absolute atomic E-state index is 0.0240. The number of amides is 2. The number of aromatic nitrogens is 4. The Morgan fingerprint density at radius 3 is 2.37 bits per heavy atom. The molecule has 0 spiro atoms. The number of phosphoric ester groups is 3. The number of thioether (sulfide) groups is 1. The molecule has 1 saturated heterocycles. The van der Waals surface area contributed by atoms with E-state index in [1.165, 1.54) is 20.8 Å². The van der Waals surface area contributed by atoms with Gasteiger partial charge in [-0.25, -0.2) is 28.6 Å². The molecule has 10 N–H and O–H groups in total. The highest BCUT2D eigenvalue weighted by Gasteiger charge is 2.50. The lowest BCUT2D eigenvalue weighted by molar-refractivity contribution is -0.137. The summed E-state index contributed by atoms with van der Waals surface area (Å²) >= 11 is 0.878. The SMILES string of the molecule is CC(=O)CC(=O)SCCNC(=O)CCNC(=O)[C@@H](O)C(C)(C)COP(=O)(O)OP(=O)(O)OC[C@H]1O[C@@H](n2cnc3c(N)ncnc32)[C@H](O)[C@@H]1OP(=O)(O)O. The molecule has 0 aliphatic carbocycles. The molecule has 1 fully saturated rings. The van der Waals surface area contributed by atoms with Crippen LogP contribution in [0.1, 0.15) is 39.8 Å². The number of fused-ring (bicyclic) bond motifs is 1. The van der Waals surface area contributed by atoms with Crippen LogP contribution in [0.3, 0.4) is 0 Å². The number of aliphatic hydroxyl groups excluding tert-OH is 2. The Morgan fingerprint density at radius 1 is 1.06 bits per heavy atom. The third-order valence-corrected chi connectivity index (χ3v) is 11.1. The van der Waals surface area contributed by atoms with E-state index in [0.29, 0.717) is 0 Å². The molecule has 0 saturated carbocycles. The lowest BCUT2D eigenvalue weighted by atomic mass is 9.87. The van der Waals surface area contributed by atoms with E-state index in [4.69, 9.17) is 19.5 Å². The van der Waals surface area contributed by atoms with Crippen molar-refractivity contribution >= 4 is 74.9 Å². The Kier molecular flexibility index (Phi) is 16.0. The zero-order chi connectivity index (χ0) is 40.6. The zero-order valence-corrected chi connectivity index (χ0v) is 32.2. The van der Waals surface area contributed by atoms with Crippen molar-refractivity contribution in [2.75, 3.05) is 37.8 Å². The Labute approximate surface area is 310 Å². The van der Waals surface area contributed by atoms with Gasteiger partial charge in [0.25, 0.3) is 0 Å². The normalized spacial score (nSPS) is 21.9. The van der Waals surface area contributed by atoms with Crippen LogP contribution in [-0.4, -0.2) is 128 Å². The number of rotatable bonds is 21. The van der Waals surface area contributed by atoms with Crippen LogP contribution >= 0.6 is 35.2 Å². The summed E-state index contributed by atoms with van der Waals surface area (Å²) in [5.41, 5.74) is 4.22. The summed E-state index contributed by atoms with van der Waals surface area (Å²) in [4.78, 5) is 97.7. The van der Waals surface area contributed by atoms with Crippen LogP contribution in [0.25, 0.3) is 11.2 Å². The van der Waals surface area contributed by atoms with Crippen molar-refractivity contribution in [1.82, 2.24) is 30.2 Å². The number of ether oxygens (including phenoxy) is 1. The summed E-state index contributed by atoms with van der Waals surface area (Å²) in [5, 5.41) is 25.8. The van der Waals surface area contributed by atoms with E-state index >= 15 is 0 Å². The summed E-state index contributed by atoms with van der Waals surface area (Å²) in [6.45, 7) is 1.58. The van der Waals surface area contributed by atoms with Gasteiger partial charge in [-0.1, -0.05) is 25.6 Å². The number of nitrogens with two attached hydrogens (primary N) is 1. The number of phosphoric acid groups is 3. The van der Waals surface area contributed by atoms with E-state index in [9.17, 15) is 62.7 Å². The van der Waals surface area contributed by atoms with Crippen molar-refractivity contribution in [3.05, 3.63) is 12.7 Å². The first kappa shape index (κ1) is 45.6. The highest BCUT2D eigenvalue weighted by Crippen LogP contribution is 2.61. The standard InChI is InChI=1S/C25H40N7O18P3S/c1-13(33)8-16(35)54-7-6-27-15(34)4-5-28-23(38)20(37)25(2,3)10-47-53(44,45)50-52(42,43)46-9-14-19(49-51(39,40)41)18(36)24(48-14)32-12-31-17-21(26)29-11-30-22(17)32/h11-12,14,18-20,24,36-37H,4-10H2,1-3H3,(H,27,34)(H,28,38)(H,42,43)(H,44,45)(H2,26,29,30)(H2,39,40,41)/t14-,18-,19-,20-,24-/m1/s1. The maximum atomic E-state index is 12.6. The van der Waals surface area contributed by atoms with E-state index in [1.807, 2.05) is 0 Å². The fourth-order valence-corrected chi connectivity index (χ4v) is 8.12. The number of carbonyl (C=O) groups is 4. The number of nitrogens with zero attached hydrogens (tertiary/aromatic N) is 4. The number of ketones is 1. The molecule has 54 heavy (non-hydrogen) atoms. The largest absolute Gasteiger partial charge is 0.481 e. The van der Waals surface area contributed by atoms with E-state index in [2.05, 4.69) is 34.4 Å². The van der Waals surface area contributed by atoms with Gasteiger partial charge in [0.15, 0.2) is 22.8 Å². The topological polar surface area (TPSA) is 381 Å². The van der Waals surface area contributed by atoms with Gasteiger partial charge < -0.3 is 50.9 Å². The summed E-state index contributed by atoms with van der Waals surface area (Å²) in [6, 6.07) is 0. The first-order valence-corrected chi connectivity index (χ1v) is 21.0. The predicted octanol–water partition coefficient (Wildman–Crippen LogP) is -1.36. The smallest absolute Gasteiger partial charge is 0.386 e. The van der Waals surface area contributed by atoms with Gasteiger partial charge in [0.2, 0.25) is 11.8 Å². The number of nitrogen functional groups attached to an aromatic ring is 1. The van der Waals surface area contributed by atoms with Gasteiger partial charge in [-0.05, 0) is 6.92 Å². The van der Waals surface area contributed by atoms with E-state index in [1.54, 1.807) is 0 Å². The zero-order valence-electron chi connectivity index (χ0n) is 28.7. The van der Waals surface area contributed by atoms with Crippen LogP contribution in [0.2, 0.25) is 0 Å². The summed E-state index contributed by atoms with van der Waals surface area (Å²) in [7, 11) is -16.4. The Hall–Kier alpha value is -2.77. The number of anilines is 1. The minimum atomic E-state index is -5.58. The Bertz CT molecular complexity index is 1830. The van der Waals surface area contributed by atoms with Crippen molar-refractivity contribution in [2.24, 2.45) is 5.41 Å². The van der Waals surface area contributed by atoms with E-state index in [0.717, 1.165) is 29.0 Å². The van der Waals surface area contributed by atoms with E-state index < -0.39 is 84.6 Å². The Balaban J connectivity index is 1.51. The highest BCUT2D eigenvalue weighted by molar-refractivity contribution is 8.13. The number of imidazole rings is 1. The molecule has 1 aliphatic heterocycles. The molecule has 25 nitrogen and oxygen atoms in total. The Morgan fingerprint density at radius 2 is 1.72 bits per heavy atom. The van der Waals surface area contributed by atoms with Crippen LogP contribution in [0.15, 0.2) is 12.7 Å². The van der Waals surface area contributed by atoms with E-state index in [-0.39, 0.29) is 59.6 Å². The maximum Gasteiger partial charge on any atom is 0.481 e. The number of nitrogens with one attached hydrogen (secondary N) is 2. The first-order chi connectivity index (χ1) is 24.9. The molecule has 304 valence electrons. The van der Waals surface area contributed by atoms with Crippen LogP contribution in [-0.2, 0) is 55.5 Å².